The predicted octanol–water partition coefficient (Wildman–Crippen LogP) is 2.75. The van der Waals surface area contributed by atoms with Crippen molar-refractivity contribution in [3.63, 3.8) is 0 Å². The van der Waals surface area contributed by atoms with Crippen LogP contribution in [-0.2, 0) is 4.74 Å². The summed E-state index contributed by atoms with van der Waals surface area (Å²) in [6.07, 6.45) is 2.34. The zero-order valence-electron chi connectivity index (χ0n) is 14.9. The summed E-state index contributed by atoms with van der Waals surface area (Å²) >= 11 is 0. The molecule has 5 heteroatoms. The van der Waals surface area contributed by atoms with E-state index in [4.69, 9.17) is 9.72 Å². The van der Waals surface area contributed by atoms with Crippen LogP contribution in [0.3, 0.4) is 0 Å². The Morgan fingerprint density at radius 1 is 0.960 bits per heavy atom. The first kappa shape index (κ1) is 16.5. The molecule has 1 aromatic heterocycles. The average Bonchev–Trinajstić information content (AvgIpc) is 2.69. The topological polar surface area (TPSA) is 41.5 Å². The highest BCUT2D eigenvalue weighted by atomic mass is 16.5. The molecule has 0 bridgehead atoms. The van der Waals surface area contributed by atoms with E-state index >= 15 is 0 Å². The van der Waals surface area contributed by atoms with Crippen LogP contribution in [-0.4, -0.2) is 60.3 Å². The van der Waals surface area contributed by atoms with E-state index in [9.17, 15) is 0 Å². The van der Waals surface area contributed by atoms with Gasteiger partial charge >= 0.3 is 0 Å². The van der Waals surface area contributed by atoms with Crippen molar-refractivity contribution in [2.75, 3.05) is 44.3 Å². The van der Waals surface area contributed by atoms with Crippen molar-refractivity contribution in [1.82, 2.24) is 14.9 Å². The van der Waals surface area contributed by atoms with Crippen LogP contribution in [0.2, 0.25) is 0 Å². The van der Waals surface area contributed by atoms with Crippen molar-refractivity contribution >= 4 is 5.82 Å². The summed E-state index contributed by atoms with van der Waals surface area (Å²) < 4.78 is 5.50. The first-order valence-corrected chi connectivity index (χ1v) is 9.27. The highest BCUT2D eigenvalue weighted by Crippen LogP contribution is 2.22. The van der Waals surface area contributed by atoms with E-state index in [1.807, 2.05) is 18.2 Å². The molecule has 0 unspecified atom stereocenters. The van der Waals surface area contributed by atoms with E-state index in [0.29, 0.717) is 6.04 Å². The third-order valence-corrected chi connectivity index (χ3v) is 5.22. The Morgan fingerprint density at radius 2 is 1.68 bits per heavy atom. The van der Waals surface area contributed by atoms with Gasteiger partial charge in [0.25, 0.3) is 0 Å². The maximum atomic E-state index is 5.50. The summed E-state index contributed by atoms with van der Waals surface area (Å²) in [6, 6.07) is 13.0. The summed E-state index contributed by atoms with van der Waals surface area (Å²) in [7, 11) is 0. The molecule has 2 saturated heterocycles. The van der Waals surface area contributed by atoms with Gasteiger partial charge in [0.05, 0.1) is 0 Å². The smallest absolute Gasteiger partial charge is 0.161 e. The number of piperazine rings is 1. The molecule has 0 radical (unpaired) electrons. The van der Waals surface area contributed by atoms with Crippen molar-refractivity contribution in [3.8, 4) is 11.4 Å². The van der Waals surface area contributed by atoms with Crippen molar-refractivity contribution in [3.05, 3.63) is 42.1 Å². The molecule has 0 N–H and O–H groups in total. The minimum atomic E-state index is 0.697. The first-order valence-electron chi connectivity index (χ1n) is 9.27. The van der Waals surface area contributed by atoms with Crippen molar-refractivity contribution in [1.29, 1.82) is 0 Å². The van der Waals surface area contributed by atoms with Gasteiger partial charge in [-0.15, -0.1) is 0 Å². The number of nitrogens with zero attached hydrogens (tertiary/aromatic N) is 4. The monoisotopic (exact) mass is 338 g/mol. The summed E-state index contributed by atoms with van der Waals surface area (Å²) in [4.78, 5) is 14.5. The molecule has 2 fully saturated rings. The number of benzene rings is 1. The van der Waals surface area contributed by atoms with Gasteiger partial charge < -0.3 is 9.64 Å². The zero-order chi connectivity index (χ0) is 17.1. The van der Waals surface area contributed by atoms with E-state index in [1.54, 1.807) is 0 Å². The quantitative estimate of drug-likeness (QED) is 0.861. The number of aryl methyl sites for hydroxylation is 1. The Balaban J connectivity index is 1.47. The van der Waals surface area contributed by atoms with Crippen LogP contribution in [0.25, 0.3) is 11.4 Å². The molecule has 25 heavy (non-hydrogen) atoms. The van der Waals surface area contributed by atoms with E-state index in [0.717, 1.165) is 62.3 Å². The molecule has 0 aliphatic carbocycles. The van der Waals surface area contributed by atoms with Gasteiger partial charge in [0.1, 0.15) is 5.82 Å². The van der Waals surface area contributed by atoms with Gasteiger partial charge in [0.2, 0.25) is 0 Å². The van der Waals surface area contributed by atoms with Gasteiger partial charge in [-0.1, -0.05) is 30.3 Å². The lowest BCUT2D eigenvalue weighted by Crippen LogP contribution is -2.51. The minimum Gasteiger partial charge on any atom is -0.381 e. The number of hydrogen-bond donors (Lipinski definition) is 0. The summed E-state index contributed by atoms with van der Waals surface area (Å²) in [6.45, 7) is 8.15. The average molecular weight is 338 g/mol. The number of rotatable bonds is 3. The Hall–Kier alpha value is -1.98. The van der Waals surface area contributed by atoms with Crippen LogP contribution in [0.1, 0.15) is 18.5 Å². The number of hydrogen-bond acceptors (Lipinski definition) is 5. The summed E-state index contributed by atoms with van der Waals surface area (Å²) in [5, 5.41) is 0. The van der Waals surface area contributed by atoms with Gasteiger partial charge in [0, 0.05) is 62.8 Å². The second kappa shape index (κ2) is 7.50. The van der Waals surface area contributed by atoms with Gasteiger partial charge in [0.15, 0.2) is 5.82 Å². The Labute approximate surface area is 149 Å². The minimum absolute atomic E-state index is 0.697. The molecule has 5 nitrogen and oxygen atoms in total. The van der Waals surface area contributed by atoms with Gasteiger partial charge in [-0.25, -0.2) is 9.97 Å². The van der Waals surface area contributed by atoms with E-state index < -0.39 is 0 Å². The standard InChI is InChI=1S/C20H26N4O/c1-16-15-19(22-20(21-16)17-5-3-2-4-6-17)24-11-9-23(10-12-24)18-7-13-25-14-8-18/h2-6,15,18H,7-14H2,1H3. The molecule has 0 atom stereocenters. The number of anilines is 1. The normalized spacial score (nSPS) is 20.0. The van der Waals surface area contributed by atoms with E-state index in [1.165, 1.54) is 12.8 Å². The lowest BCUT2D eigenvalue weighted by molar-refractivity contribution is 0.0321. The number of aromatic nitrogens is 2. The second-order valence-corrected chi connectivity index (χ2v) is 6.92. The maximum Gasteiger partial charge on any atom is 0.161 e. The molecule has 1 aromatic carbocycles. The van der Waals surface area contributed by atoms with Crippen molar-refractivity contribution in [2.45, 2.75) is 25.8 Å². The third kappa shape index (κ3) is 3.83. The van der Waals surface area contributed by atoms with Crippen LogP contribution >= 0.6 is 0 Å². The Bertz CT molecular complexity index is 692. The largest absolute Gasteiger partial charge is 0.381 e. The molecule has 2 aliphatic heterocycles. The molecule has 0 saturated carbocycles. The molecule has 0 spiro atoms. The van der Waals surface area contributed by atoms with Crippen LogP contribution < -0.4 is 4.90 Å². The second-order valence-electron chi connectivity index (χ2n) is 6.92. The molecule has 0 amide bonds. The SMILES string of the molecule is Cc1cc(N2CCN(C3CCOCC3)CC2)nc(-c2ccccc2)n1. The van der Waals surface area contributed by atoms with Crippen molar-refractivity contribution < 1.29 is 4.74 Å². The highest BCUT2D eigenvalue weighted by Gasteiger charge is 2.26. The fourth-order valence-corrected chi connectivity index (χ4v) is 3.80. The Kier molecular flexibility index (Phi) is 4.95. The Morgan fingerprint density at radius 3 is 2.40 bits per heavy atom. The van der Waals surface area contributed by atoms with Crippen molar-refractivity contribution in [2.24, 2.45) is 0 Å². The van der Waals surface area contributed by atoms with Crippen LogP contribution in [0, 0.1) is 6.92 Å². The third-order valence-electron chi connectivity index (χ3n) is 5.22. The highest BCUT2D eigenvalue weighted by molar-refractivity contribution is 5.57. The maximum absolute atomic E-state index is 5.50. The first-order chi connectivity index (χ1) is 12.3. The lowest BCUT2D eigenvalue weighted by atomic mass is 10.1. The summed E-state index contributed by atoms with van der Waals surface area (Å²) in [5.41, 5.74) is 2.10. The fraction of sp³-hybridized carbons (Fsp3) is 0.500. The van der Waals surface area contributed by atoms with E-state index in [2.05, 4.69) is 39.9 Å². The summed E-state index contributed by atoms with van der Waals surface area (Å²) in [5.74, 6) is 1.88. The molecule has 2 aromatic rings. The van der Waals surface area contributed by atoms with Gasteiger partial charge in [-0.2, -0.15) is 0 Å². The van der Waals surface area contributed by atoms with E-state index in [-0.39, 0.29) is 0 Å². The molecular formula is C20H26N4O. The number of ether oxygens (including phenoxy) is 1. The molecule has 132 valence electrons. The van der Waals surface area contributed by atoms with Gasteiger partial charge in [-0.3, -0.25) is 4.90 Å². The van der Waals surface area contributed by atoms with Crippen LogP contribution in [0.15, 0.2) is 36.4 Å². The predicted molar refractivity (Wildman–Crippen MR) is 99.8 cm³/mol. The van der Waals surface area contributed by atoms with Crippen LogP contribution in [0.5, 0.6) is 0 Å². The lowest BCUT2D eigenvalue weighted by Gasteiger charge is -2.41. The molecule has 2 aliphatic rings. The fourth-order valence-electron chi connectivity index (χ4n) is 3.80. The molecule has 4 rings (SSSR count). The zero-order valence-corrected chi connectivity index (χ0v) is 14.9. The molecule has 3 heterocycles. The van der Waals surface area contributed by atoms with Gasteiger partial charge in [-0.05, 0) is 19.8 Å². The molecular weight excluding hydrogens is 312 g/mol. The van der Waals surface area contributed by atoms with Crippen LogP contribution in [0.4, 0.5) is 5.82 Å².